The fraction of sp³-hybridized carbons (Fsp3) is 0.571. The van der Waals surface area contributed by atoms with Crippen molar-refractivity contribution >= 4 is 11.6 Å². The highest BCUT2D eigenvalue weighted by Gasteiger charge is 2.28. The van der Waals surface area contributed by atoms with Gasteiger partial charge in [-0.1, -0.05) is 0 Å². The molecule has 0 aliphatic carbocycles. The number of anilines is 1. The SMILES string of the molecule is CCNC(=O)c1cc(N2CC(CN)CC2C)ccn1. The summed E-state index contributed by atoms with van der Waals surface area (Å²) in [4.78, 5) is 18.2. The van der Waals surface area contributed by atoms with E-state index in [1.165, 1.54) is 0 Å². The Labute approximate surface area is 114 Å². The first-order valence-corrected chi connectivity index (χ1v) is 6.86. The lowest BCUT2D eigenvalue weighted by Gasteiger charge is -2.24. The van der Waals surface area contributed by atoms with Gasteiger partial charge >= 0.3 is 0 Å². The van der Waals surface area contributed by atoms with Crippen LogP contribution in [0.25, 0.3) is 0 Å². The fourth-order valence-corrected chi connectivity index (χ4v) is 2.65. The van der Waals surface area contributed by atoms with Crippen LogP contribution < -0.4 is 16.0 Å². The van der Waals surface area contributed by atoms with Crippen LogP contribution in [-0.4, -0.2) is 36.6 Å². The average Bonchev–Trinajstić information content (AvgIpc) is 2.80. The van der Waals surface area contributed by atoms with Gasteiger partial charge in [-0.15, -0.1) is 0 Å². The molecule has 2 rings (SSSR count). The van der Waals surface area contributed by atoms with Crippen molar-refractivity contribution in [3.63, 3.8) is 0 Å². The molecule has 1 amide bonds. The summed E-state index contributed by atoms with van der Waals surface area (Å²) < 4.78 is 0. The monoisotopic (exact) mass is 262 g/mol. The maximum Gasteiger partial charge on any atom is 0.269 e. The van der Waals surface area contributed by atoms with Gasteiger partial charge < -0.3 is 16.0 Å². The van der Waals surface area contributed by atoms with Crippen LogP contribution in [0.5, 0.6) is 0 Å². The quantitative estimate of drug-likeness (QED) is 0.849. The minimum absolute atomic E-state index is 0.119. The average molecular weight is 262 g/mol. The number of pyridine rings is 1. The van der Waals surface area contributed by atoms with Crippen molar-refractivity contribution in [2.75, 3.05) is 24.5 Å². The number of nitrogens with zero attached hydrogens (tertiary/aromatic N) is 2. The maximum atomic E-state index is 11.8. The third-order valence-electron chi connectivity index (χ3n) is 3.64. The van der Waals surface area contributed by atoms with Gasteiger partial charge in [0.1, 0.15) is 5.69 Å². The van der Waals surface area contributed by atoms with E-state index >= 15 is 0 Å². The van der Waals surface area contributed by atoms with Gasteiger partial charge in [0.25, 0.3) is 5.91 Å². The number of amides is 1. The highest BCUT2D eigenvalue weighted by molar-refractivity contribution is 5.93. The molecule has 0 bridgehead atoms. The van der Waals surface area contributed by atoms with Crippen molar-refractivity contribution in [2.45, 2.75) is 26.3 Å². The lowest BCUT2D eigenvalue weighted by Crippen LogP contribution is -2.28. The Morgan fingerprint density at radius 1 is 1.63 bits per heavy atom. The molecule has 1 aliphatic heterocycles. The second-order valence-corrected chi connectivity index (χ2v) is 5.10. The van der Waals surface area contributed by atoms with E-state index in [1.807, 2.05) is 19.1 Å². The molecule has 5 heteroatoms. The minimum Gasteiger partial charge on any atom is -0.368 e. The van der Waals surface area contributed by atoms with Gasteiger partial charge in [0, 0.05) is 31.0 Å². The van der Waals surface area contributed by atoms with Gasteiger partial charge in [-0.2, -0.15) is 0 Å². The van der Waals surface area contributed by atoms with E-state index in [0.29, 0.717) is 24.2 Å². The number of hydrogen-bond acceptors (Lipinski definition) is 4. The predicted octanol–water partition coefficient (Wildman–Crippen LogP) is 1.00. The fourth-order valence-electron chi connectivity index (χ4n) is 2.65. The molecule has 5 nitrogen and oxygen atoms in total. The van der Waals surface area contributed by atoms with Gasteiger partial charge in [0.15, 0.2) is 0 Å². The number of hydrogen-bond donors (Lipinski definition) is 2. The molecule has 19 heavy (non-hydrogen) atoms. The van der Waals surface area contributed by atoms with Crippen molar-refractivity contribution in [3.8, 4) is 0 Å². The lowest BCUT2D eigenvalue weighted by molar-refractivity contribution is 0.0951. The highest BCUT2D eigenvalue weighted by Crippen LogP contribution is 2.28. The van der Waals surface area contributed by atoms with E-state index in [1.54, 1.807) is 6.20 Å². The number of rotatable bonds is 4. The van der Waals surface area contributed by atoms with Crippen LogP contribution in [0.15, 0.2) is 18.3 Å². The number of carbonyl (C=O) groups excluding carboxylic acids is 1. The summed E-state index contributed by atoms with van der Waals surface area (Å²) in [5.74, 6) is 0.419. The van der Waals surface area contributed by atoms with E-state index in [0.717, 1.165) is 25.2 Å². The van der Waals surface area contributed by atoms with Gasteiger partial charge in [0.05, 0.1) is 0 Å². The molecule has 104 valence electrons. The molecule has 0 radical (unpaired) electrons. The normalized spacial score (nSPS) is 22.6. The first-order valence-electron chi connectivity index (χ1n) is 6.86. The third-order valence-corrected chi connectivity index (χ3v) is 3.64. The molecule has 0 spiro atoms. The Hall–Kier alpha value is -1.62. The summed E-state index contributed by atoms with van der Waals surface area (Å²) in [5, 5.41) is 2.77. The van der Waals surface area contributed by atoms with Crippen LogP contribution in [0.2, 0.25) is 0 Å². The van der Waals surface area contributed by atoms with Crippen molar-refractivity contribution in [3.05, 3.63) is 24.0 Å². The van der Waals surface area contributed by atoms with Gasteiger partial charge in [-0.25, -0.2) is 0 Å². The molecule has 2 heterocycles. The van der Waals surface area contributed by atoms with Crippen LogP contribution in [0.4, 0.5) is 5.69 Å². The van der Waals surface area contributed by atoms with Crippen LogP contribution >= 0.6 is 0 Å². The second-order valence-electron chi connectivity index (χ2n) is 5.10. The van der Waals surface area contributed by atoms with Gasteiger partial charge in [-0.05, 0) is 44.9 Å². The zero-order chi connectivity index (χ0) is 13.8. The maximum absolute atomic E-state index is 11.8. The number of nitrogens with one attached hydrogen (secondary N) is 1. The summed E-state index contributed by atoms with van der Waals surface area (Å²) in [6.45, 7) is 6.38. The van der Waals surface area contributed by atoms with E-state index in [-0.39, 0.29) is 5.91 Å². The van der Waals surface area contributed by atoms with E-state index < -0.39 is 0 Å². The Bertz CT molecular complexity index is 449. The van der Waals surface area contributed by atoms with E-state index in [2.05, 4.69) is 22.1 Å². The molecule has 2 atom stereocenters. The Morgan fingerprint density at radius 3 is 3.05 bits per heavy atom. The number of nitrogens with two attached hydrogens (primary N) is 1. The standard InChI is InChI=1S/C14H22N4O/c1-3-16-14(19)13-7-12(4-5-17-13)18-9-11(8-15)6-10(18)2/h4-5,7,10-11H,3,6,8-9,15H2,1-2H3,(H,16,19). The summed E-state index contributed by atoms with van der Waals surface area (Å²) in [5.41, 5.74) is 7.28. The van der Waals surface area contributed by atoms with Crippen molar-refractivity contribution in [1.29, 1.82) is 0 Å². The summed E-state index contributed by atoms with van der Waals surface area (Å²) in [6.07, 6.45) is 2.80. The second kappa shape index (κ2) is 6.02. The number of aromatic nitrogens is 1. The van der Waals surface area contributed by atoms with Crippen molar-refractivity contribution in [1.82, 2.24) is 10.3 Å². The Kier molecular flexibility index (Phi) is 4.37. The molecule has 1 aromatic rings. The zero-order valence-electron chi connectivity index (χ0n) is 11.6. The smallest absolute Gasteiger partial charge is 0.269 e. The third kappa shape index (κ3) is 3.04. The van der Waals surface area contributed by atoms with Crippen LogP contribution in [-0.2, 0) is 0 Å². The van der Waals surface area contributed by atoms with Crippen LogP contribution in [0.3, 0.4) is 0 Å². The van der Waals surface area contributed by atoms with Crippen LogP contribution in [0, 0.1) is 5.92 Å². The van der Waals surface area contributed by atoms with E-state index in [4.69, 9.17) is 5.73 Å². The molecular weight excluding hydrogens is 240 g/mol. The highest BCUT2D eigenvalue weighted by atomic mass is 16.1. The molecule has 0 saturated carbocycles. The summed E-state index contributed by atoms with van der Waals surface area (Å²) in [6, 6.07) is 4.27. The molecule has 1 saturated heterocycles. The van der Waals surface area contributed by atoms with Crippen molar-refractivity contribution < 1.29 is 4.79 Å². The molecule has 1 fully saturated rings. The topological polar surface area (TPSA) is 71.2 Å². The molecule has 3 N–H and O–H groups in total. The minimum atomic E-state index is -0.119. The predicted molar refractivity (Wildman–Crippen MR) is 76.2 cm³/mol. The van der Waals surface area contributed by atoms with Gasteiger partial charge in [0.2, 0.25) is 0 Å². The Morgan fingerprint density at radius 2 is 2.42 bits per heavy atom. The summed E-state index contributed by atoms with van der Waals surface area (Å²) >= 11 is 0. The molecule has 0 aromatic carbocycles. The lowest BCUT2D eigenvalue weighted by atomic mass is 10.1. The largest absolute Gasteiger partial charge is 0.368 e. The number of carbonyl (C=O) groups is 1. The molecular formula is C14H22N4O. The van der Waals surface area contributed by atoms with Gasteiger partial charge in [-0.3, -0.25) is 9.78 Å². The first-order chi connectivity index (χ1) is 9.15. The van der Waals surface area contributed by atoms with E-state index in [9.17, 15) is 4.79 Å². The molecule has 2 unspecified atom stereocenters. The first kappa shape index (κ1) is 13.8. The molecule has 1 aromatic heterocycles. The molecule has 1 aliphatic rings. The zero-order valence-corrected chi connectivity index (χ0v) is 11.6. The Balaban J connectivity index is 2.17. The van der Waals surface area contributed by atoms with Crippen LogP contribution in [0.1, 0.15) is 30.8 Å². The summed E-state index contributed by atoms with van der Waals surface area (Å²) in [7, 11) is 0. The van der Waals surface area contributed by atoms with Crippen molar-refractivity contribution in [2.24, 2.45) is 11.7 Å².